The van der Waals surface area contributed by atoms with Gasteiger partial charge in [0.25, 0.3) is 15.9 Å². The second-order valence-electron chi connectivity index (χ2n) is 8.97. The second-order valence-corrected chi connectivity index (χ2v) is 13.0. The number of carbonyl (C=O) groups is 1. The first-order valence-corrected chi connectivity index (χ1v) is 15.6. The van der Waals surface area contributed by atoms with Gasteiger partial charge in [-0.1, -0.05) is 54.1 Å². The fraction of sp³-hybridized carbons (Fsp3) is 0.107. The van der Waals surface area contributed by atoms with Gasteiger partial charge in [-0.3, -0.25) is 13.8 Å². The number of para-hydroxylation sites is 2. The van der Waals surface area contributed by atoms with Crippen molar-refractivity contribution in [3.8, 4) is 5.75 Å². The zero-order chi connectivity index (χ0) is 28.3. The van der Waals surface area contributed by atoms with Crippen molar-refractivity contribution in [2.45, 2.75) is 16.8 Å². The van der Waals surface area contributed by atoms with Crippen LogP contribution in [0, 0.1) is 0 Å². The minimum absolute atomic E-state index is 0.0125. The third kappa shape index (κ3) is 6.22. The monoisotopic (exact) mass is 597 g/mol. The summed E-state index contributed by atoms with van der Waals surface area (Å²) in [5.41, 5.74) is 1.64. The third-order valence-electron chi connectivity index (χ3n) is 6.08. The molecule has 0 saturated carbocycles. The summed E-state index contributed by atoms with van der Waals surface area (Å²) in [6, 6.07) is 27.2. The molecule has 9 nitrogen and oxygen atoms in total. The van der Waals surface area contributed by atoms with Crippen LogP contribution in [0.5, 0.6) is 5.75 Å². The third-order valence-corrected chi connectivity index (χ3v) is 9.45. The molecule has 0 aliphatic carbocycles. The van der Waals surface area contributed by atoms with E-state index in [1.54, 1.807) is 78.9 Å². The van der Waals surface area contributed by atoms with Gasteiger partial charge in [0.15, 0.2) is 6.10 Å². The van der Waals surface area contributed by atoms with Crippen LogP contribution in [0.4, 0.5) is 17.1 Å². The standard InChI is InChI=1S/C28H24ClN3O6S2/c29-21-10-12-23(13-11-21)31-40(36,37)24-16-14-22(15-17-24)30-28(33)27-18-32(25-8-4-5-9-26(25)38-27)39(34,35)19-20-6-2-1-3-7-20/h1-17,27,31H,18-19H2,(H,30,33)/t27-/m0/s1. The molecular weight excluding hydrogens is 574 g/mol. The second kappa shape index (κ2) is 11.2. The van der Waals surface area contributed by atoms with E-state index in [0.29, 0.717) is 27.6 Å². The molecule has 1 heterocycles. The highest BCUT2D eigenvalue weighted by Crippen LogP contribution is 2.36. The van der Waals surface area contributed by atoms with Gasteiger partial charge in [-0.2, -0.15) is 0 Å². The van der Waals surface area contributed by atoms with Gasteiger partial charge >= 0.3 is 0 Å². The molecule has 0 saturated heterocycles. The Labute approximate surface area is 237 Å². The minimum atomic E-state index is -3.88. The van der Waals surface area contributed by atoms with Gasteiger partial charge in [-0.05, 0) is 66.2 Å². The Morgan fingerprint density at radius 1 is 0.825 bits per heavy atom. The van der Waals surface area contributed by atoms with E-state index in [0.717, 1.165) is 0 Å². The van der Waals surface area contributed by atoms with Gasteiger partial charge in [0.1, 0.15) is 5.75 Å². The Hall–Kier alpha value is -4.06. The van der Waals surface area contributed by atoms with Crippen molar-refractivity contribution in [1.29, 1.82) is 0 Å². The van der Waals surface area contributed by atoms with Crippen LogP contribution in [0.3, 0.4) is 0 Å². The maximum atomic E-state index is 13.4. The SMILES string of the molecule is O=C(Nc1ccc(S(=O)(=O)Nc2ccc(Cl)cc2)cc1)[C@@H]1CN(S(=O)(=O)Cc2ccccc2)c2ccccc2O1. The summed E-state index contributed by atoms with van der Waals surface area (Å²) in [6.45, 7) is -0.227. The predicted molar refractivity (Wildman–Crippen MR) is 155 cm³/mol. The summed E-state index contributed by atoms with van der Waals surface area (Å²) in [7, 11) is -7.73. The first-order chi connectivity index (χ1) is 19.1. The van der Waals surface area contributed by atoms with Crippen molar-refractivity contribution in [3.05, 3.63) is 114 Å². The number of hydrogen-bond donors (Lipinski definition) is 2. The van der Waals surface area contributed by atoms with Crippen LogP contribution in [0.15, 0.2) is 108 Å². The van der Waals surface area contributed by atoms with E-state index in [2.05, 4.69) is 10.0 Å². The number of anilines is 3. The maximum Gasteiger partial charge on any atom is 0.267 e. The molecule has 1 aliphatic rings. The molecule has 5 rings (SSSR count). The molecule has 4 aromatic carbocycles. The van der Waals surface area contributed by atoms with E-state index in [-0.39, 0.29) is 22.9 Å². The lowest BCUT2D eigenvalue weighted by molar-refractivity contribution is -0.122. The molecule has 1 aliphatic heterocycles. The number of nitrogens with zero attached hydrogens (tertiary/aromatic N) is 1. The summed E-state index contributed by atoms with van der Waals surface area (Å²) in [6.07, 6.45) is -1.14. The quantitative estimate of drug-likeness (QED) is 0.299. The Balaban J connectivity index is 1.31. The van der Waals surface area contributed by atoms with Crippen molar-refractivity contribution < 1.29 is 26.4 Å². The predicted octanol–water partition coefficient (Wildman–Crippen LogP) is 4.88. The maximum absolute atomic E-state index is 13.4. The molecule has 0 radical (unpaired) electrons. The number of sulfonamides is 2. The average Bonchev–Trinajstić information content (AvgIpc) is 2.94. The smallest absolute Gasteiger partial charge is 0.267 e. The first-order valence-electron chi connectivity index (χ1n) is 12.1. The minimum Gasteiger partial charge on any atom is -0.476 e. The molecule has 0 bridgehead atoms. The van der Waals surface area contributed by atoms with Gasteiger partial charge in [-0.25, -0.2) is 16.8 Å². The van der Waals surface area contributed by atoms with Gasteiger partial charge < -0.3 is 10.1 Å². The number of hydrogen-bond acceptors (Lipinski definition) is 6. The molecule has 1 amide bonds. The average molecular weight is 598 g/mol. The van der Waals surface area contributed by atoms with Crippen molar-refractivity contribution >= 4 is 54.6 Å². The molecule has 2 N–H and O–H groups in total. The largest absolute Gasteiger partial charge is 0.476 e. The zero-order valence-electron chi connectivity index (χ0n) is 20.9. The van der Waals surface area contributed by atoms with Crippen LogP contribution in [-0.2, 0) is 30.6 Å². The number of amides is 1. The number of halogens is 1. The first kappa shape index (κ1) is 27.5. The number of ether oxygens (including phenoxy) is 1. The fourth-order valence-electron chi connectivity index (χ4n) is 4.14. The van der Waals surface area contributed by atoms with Crippen LogP contribution in [-0.4, -0.2) is 35.4 Å². The molecule has 40 heavy (non-hydrogen) atoms. The van der Waals surface area contributed by atoms with Gasteiger partial charge in [0.2, 0.25) is 10.0 Å². The van der Waals surface area contributed by atoms with E-state index < -0.39 is 32.1 Å². The van der Waals surface area contributed by atoms with E-state index in [1.807, 2.05) is 0 Å². The molecule has 206 valence electrons. The molecule has 0 fully saturated rings. The molecule has 4 aromatic rings. The number of benzene rings is 4. The van der Waals surface area contributed by atoms with E-state index in [4.69, 9.17) is 16.3 Å². The molecule has 0 spiro atoms. The van der Waals surface area contributed by atoms with Gasteiger partial charge in [0.05, 0.1) is 22.9 Å². The summed E-state index contributed by atoms with van der Waals surface area (Å²) >= 11 is 5.85. The van der Waals surface area contributed by atoms with Crippen LogP contribution in [0.1, 0.15) is 5.56 Å². The Morgan fingerprint density at radius 2 is 1.45 bits per heavy atom. The summed E-state index contributed by atoms with van der Waals surface area (Å²) in [4.78, 5) is 13.1. The highest BCUT2D eigenvalue weighted by atomic mass is 35.5. The lowest BCUT2D eigenvalue weighted by Gasteiger charge is -2.34. The molecule has 1 atom stereocenters. The normalized spacial score (nSPS) is 15.0. The Kier molecular flexibility index (Phi) is 7.70. The van der Waals surface area contributed by atoms with Crippen LogP contribution in [0.2, 0.25) is 5.02 Å². The number of nitrogens with one attached hydrogen (secondary N) is 2. The summed E-state index contributed by atoms with van der Waals surface area (Å²) < 4.78 is 61.8. The topological polar surface area (TPSA) is 122 Å². The number of fused-ring (bicyclic) bond motifs is 1. The zero-order valence-corrected chi connectivity index (χ0v) is 23.3. The lowest BCUT2D eigenvalue weighted by atomic mass is 10.2. The van der Waals surface area contributed by atoms with Crippen molar-refractivity contribution in [1.82, 2.24) is 0 Å². The van der Waals surface area contributed by atoms with Crippen LogP contribution < -0.4 is 19.1 Å². The highest BCUT2D eigenvalue weighted by molar-refractivity contribution is 7.92. The molecule has 12 heteroatoms. The molecular formula is C28H24ClN3O6S2. The molecule has 0 aromatic heterocycles. The van der Waals surface area contributed by atoms with Gasteiger partial charge in [-0.15, -0.1) is 0 Å². The molecule has 0 unspecified atom stereocenters. The number of rotatable bonds is 8. The van der Waals surface area contributed by atoms with Crippen molar-refractivity contribution in [3.63, 3.8) is 0 Å². The van der Waals surface area contributed by atoms with Crippen molar-refractivity contribution in [2.75, 3.05) is 20.9 Å². The van der Waals surface area contributed by atoms with Crippen molar-refractivity contribution in [2.24, 2.45) is 0 Å². The fourth-order valence-corrected chi connectivity index (χ4v) is 6.90. The van der Waals surface area contributed by atoms with Crippen LogP contribution in [0.25, 0.3) is 0 Å². The Bertz CT molecular complexity index is 1730. The summed E-state index contributed by atoms with van der Waals surface area (Å²) in [5, 5.41) is 3.16. The number of carbonyl (C=O) groups excluding carboxylic acids is 1. The summed E-state index contributed by atoms with van der Waals surface area (Å²) in [5.74, 6) is -0.555. The van der Waals surface area contributed by atoms with E-state index >= 15 is 0 Å². The highest BCUT2D eigenvalue weighted by Gasteiger charge is 2.36. The van der Waals surface area contributed by atoms with Crippen LogP contribution >= 0.6 is 11.6 Å². The van der Waals surface area contributed by atoms with E-state index in [1.165, 1.54) is 28.6 Å². The Morgan fingerprint density at radius 3 is 2.15 bits per heavy atom. The van der Waals surface area contributed by atoms with Gasteiger partial charge in [0, 0.05) is 16.4 Å². The lowest BCUT2D eigenvalue weighted by Crippen LogP contribution is -2.49. The van der Waals surface area contributed by atoms with E-state index in [9.17, 15) is 21.6 Å².